The number of benzene rings is 1. The molecule has 9 nitrogen and oxygen atoms in total. The van der Waals surface area contributed by atoms with Crippen LogP contribution < -0.4 is 10.6 Å². The molecule has 164 valence electrons. The molecule has 0 unspecified atom stereocenters. The number of nitriles is 1. The first kappa shape index (κ1) is 20.5. The monoisotopic (exact) mass is 439 g/mol. The Hall–Kier alpha value is -4.45. The largest absolute Gasteiger partial charge is 0.465 e. The third kappa shape index (κ3) is 4.60. The SMILES string of the molecule is N#Cc1ccnc(Nc2cc(C3CC3)cc(-c3ccc4c(c3)ncn4CCNC(=O)O)n2)c1. The van der Waals surface area contributed by atoms with Crippen molar-refractivity contribution in [1.82, 2.24) is 24.8 Å². The number of carbonyl (C=O) groups is 1. The lowest BCUT2D eigenvalue weighted by molar-refractivity contribution is 0.194. The van der Waals surface area contributed by atoms with Crippen LogP contribution >= 0.6 is 0 Å². The summed E-state index contributed by atoms with van der Waals surface area (Å²) in [5.74, 6) is 1.79. The van der Waals surface area contributed by atoms with Crippen LogP contribution in [0.25, 0.3) is 22.3 Å². The molecule has 4 aromatic rings. The fourth-order valence-corrected chi connectivity index (χ4v) is 3.80. The number of amides is 1. The highest BCUT2D eigenvalue weighted by molar-refractivity contribution is 5.82. The third-order valence-corrected chi connectivity index (χ3v) is 5.59. The van der Waals surface area contributed by atoms with Gasteiger partial charge in [0.1, 0.15) is 11.6 Å². The molecular formula is C24H21N7O2. The molecule has 3 heterocycles. The molecular weight excluding hydrogens is 418 g/mol. The number of fused-ring (bicyclic) bond motifs is 1. The zero-order chi connectivity index (χ0) is 22.8. The number of rotatable bonds is 7. The van der Waals surface area contributed by atoms with E-state index in [1.165, 1.54) is 18.4 Å². The van der Waals surface area contributed by atoms with Crippen LogP contribution in [0.15, 0.2) is 55.0 Å². The molecule has 3 aromatic heterocycles. The summed E-state index contributed by atoms with van der Waals surface area (Å²) in [6.07, 6.45) is 4.61. The predicted molar refractivity (Wildman–Crippen MR) is 123 cm³/mol. The molecule has 0 saturated heterocycles. The Kier molecular flexibility index (Phi) is 5.32. The van der Waals surface area contributed by atoms with E-state index >= 15 is 0 Å². The van der Waals surface area contributed by atoms with Gasteiger partial charge in [-0.05, 0) is 60.7 Å². The van der Waals surface area contributed by atoms with Gasteiger partial charge < -0.3 is 20.3 Å². The Bertz CT molecular complexity index is 1390. The van der Waals surface area contributed by atoms with Crippen LogP contribution in [-0.4, -0.2) is 37.3 Å². The van der Waals surface area contributed by atoms with E-state index in [1.54, 1.807) is 24.7 Å². The minimum absolute atomic E-state index is 0.309. The second-order valence-electron chi connectivity index (χ2n) is 7.99. The minimum atomic E-state index is -1.04. The van der Waals surface area contributed by atoms with Gasteiger partial charge in [-0.25, -0.2) is 19.7 Å². The highest BCUT2D eigenvalue weighted by Crippen LogP contribution is 2.42. The molecule has 5 rings (SSSR count). The van der Waals surface area contributed by atoms with Crippen molar-refractivity contribution in [3.05, 3.63) is 66.1 Å². The van der Waals surface area contributed by atoms with Crippen molar-refractivity contribution >= 4 is 28.8 Å². The highest BCUT2D eigenvalue weighted by Gasteiger charge is 2.25. The van der Waals surface area contributed by atoms with Crippen LogP contribution in [0.3, 0.4) is 0 Å². The number of carboxylic acid groups (broad SMARTS) is 1. The van der Waals surface area contributed by atoms with Crippen LogP contribution in [0.5, 0.6) is 0 Å². The summed E-state index contributed by atoms with van der Waals surface area (Å²) >= 11 is 0. The number of anilines is 2. The van der Waals surface area contributed by atoms with Gasteiger partial charge in [0.2, 0.25) is 0 Å². The molecule has 1 amide bonds. The van der Waals surface area contributed by atoms with E-state index in [1.807, 2.05) is 28.8 Å². The van der Waals surface area contributed by atoms with Crippen LogP contribution in [0.4, 0.5) is 16.4 Å². The van der Waals surface area contributed by atoms with Gasteiger partial charge in [-0.3, -0.25) is 0 Å². The number of imidazole rings is 1. The van der Waals surface area contributed by atoms with Crippen molar-refractivity contribution in [2.24, 2.45) is 0 Å². The number of hydrogen-bond acceptors (Lipinski definition) is 6. The summed E-state index contributed by atoms with van der Waals surface area (Å²) in [7, 11) is 0. The maximum atomic E-state index is 10.7. The summed E-state index contributed by atoms with van der Waals surface area (Å²) in [5, 5.41) is 23.5. The first-order valence-corrected chi connectivity index (χ1v) is 10.7. The summed E-state index contributed by atoms with van der Waals surface area (Å²) < 4.78 is 1.92. The first-order chi connectivity index (χ1) is 16.1. The molecule has 1 aromatic carbocycles. The van der Waals surface area contributed by atoms with Crippen molar-refractivity contribution in [2.75, 3.05) is 11.9 Å². The van der Waals surface area contributed by atoms with Gasteiger partial charge in [0.05, 0.1) is 34.7 Å². The molecule has 33 heavy (non-hydrogen) atoms. The smallest absolute Gasteiger partial charge is 0.404 e. The first-order valence-electron chi connectivity index (χ1n) is 10.7. The Labute approximate surface area is 189 Å². The van der Waals surface area contributed by atoms with E-state index in [0.717, 1.165) is 22.3 Å². The molecule has 1 saturated carbocycles. The van der Waals surface area contributed by atoms with E-state index in [9.17, 15) is 4.79 Å². The third-order valence-electron chi connectivity index (χ3n) is 5.59. The molecule has 3 N–H and O–H groups in total. The maximum Gasteiger partial charge on any atom is 0.404 e. The molecule has 0 bridgehead atoms. The molecule has 0 radical (unpaired) electrons. The number of pyridine rings is 2. The Morgan fingerprint density at radius 2 is 2.03 bits per heavy atom. The fraction of sp³-hybridized carbons (Fsp3) is 0.208. The van der Waals surface area contributed by atoms with Crippen molar-refractivity contribution in [3.8, 4) is 17.3 Å². The topological polar surface area (TPSA) is 129 Å². The van der Waals surface area contributed by atoms with Gasteiger partial charge in [0.15, 0.2) is 0 Å². The van der Waals surface area contributed by atoms with Crippen LogP contribution in [-0.2, 0) is 6.54 Å². The van der Waals surface area contributed by atoms with Gasteiger partial charge in [0, 0.05) is 24.8 Å². The summed E-state index contributed by atoms with van der Waals surface area (Å²) in [4.78, 5) is 24.3. The summed E-state index contributed by atoms with van der Waals surface area (Å²) in [6.45, 7) is 0.810. The lowest BCUT2D eigenvalue weighted by Gasteiger charge is -2.11. The van der Waals surface area contributed by atoms with E-state index in [0.29, 0.717) is 36.2 Å². The van der Waals surface area contributed by atoms with Gasteiger partial charge in [0.25, 0.3) is 0 Å². The number of aromatic nitrogens is 4. The Morgan fingerprint density at radius 3 is 2.82 bits per heavy atom. The van der Waals surface area contributed by atoms with Crippen molar-refractivity contribution < 1.29 is 9.90 Å². The second kappa shape index (κ2) is 8.59. The zero-order valence-electron chi connectivity index (χ0n) is 17.7. The standard InChI is InChI=1S/C24H21N7O2/c25-13-15-5-6-26-22(9-15)30-23-12-18(16-1-2-16)11-19(29-23)17-3-4-21-20(10-17)28-14-31(21)8-7-27-24(32)33/h3-6,9-12,14,16,27H,1-2,7-8H2,(H,32,33)(H,26,29,30). The van der Waals surface area contributed by atoms with Crippen LogP contribution in [0.2, 0.25) is 0 Å². The number of nitrogens with one attached hydrogen (secondary N) is 2. The zero-order valence-corrected chi connectivity index (χ0v) is 17.7. The van der Waals surface area contributed by atoms with Crippen LogP contribution in [0.1, 0.15) is 29.9 Å². The van der Waals surface area contributed by atoms with E-state index in [4.69, 9.17) is 15.4 Å². The average molecular weight is 439 g/mol. The Balaban J connectivity index is 1.45. The molecule has 1 aliphatic carbocycles. The lowest BCUT2D eigenvalue weighted by Crippen LogP contribution is -2.24. The van der Waals surface area contributed by atoms with Crippen molar-refractivity contribution in [1.29, 1.82) is 5.26 Å². The second-order valence-corrected chi connectivity index (χ2v) is 7.99. The predicted octanol–water partition coefficient (Wildman–Crippen LogP) is 4.25. The molecule has 1 fully saturated rings. The minimum Gasteiger partial charge on any atom is -0.465 e. The van der Waals surface area contributed by atoms with Crippen molar-refractivity contribution in [3.63, 3.8) is 0 Å². The van der Waals surface area contributed by atoms with Gasteiger partial charge in [-0.15, -0.1) is 0 Å². The molecule has 1 aliphatic rings. The highest BCUT2D eigenvalue weighted by atomic mass is 16.4. The quantitative estimate of drug-likeness (QED) is 0.392. The van der Waals surface area contributed by atoms with Crippen LogP contribution in [0, 0.1) is 11.3 Å². The van der Waals surface area contributed by atoms with Gasteiger partial charge >= 0.3 is 6.09 Å². The van der Waals surface area contributed by atoms with E-state index < -0.39 is 6.09 Å². The number of nitrogens with zero attached hydrogens (tertiary/aromatic N) is 5. The van der Waals surface area contributed by atoms with Gasteiger partial charge in [-0.2, -0.15) is 5.26 Å². The van der Waals surface area contributed by atoms with Crippen molar-refractivity contribution in [2.45, 2.75) is 25.3 Å². The molecule has 0 atom stereocenters. The Morgan fingerprint density at radius 1 is 1.15 bits per heavy atom. The van der Waals surface area contributed by atoms with E-state index in [2.05, 4.69) is 32.7 Å². The fourth-order valence-electron chi connectivity index (χ4n) is 3.80. The van der Waals surface area contributed by atoms with E-state index in [-0.39, 0.29) is 0 Å². The molecule has 0 spiro atoms. The average Bonchev–Trinajstić information content (AvgIpc) is 3.60. The summed E-state index contributed by atoms with van der Waals surface area (Å²) in [5.41, 5.74) is 5.29. The molecule has 9 heteroatoms. The lowest BCUT2D eigenvalue weighted by atomic mass is 10.1. The van der Waals surface area contributed by atoms with Gasteiger partial charge in [-0.1, -0.05) is 6.07 Å². The maximum absolute atomic E-state index is 10.7. The normalized spacial score (nSPS) is 12.9. The number of hydrogen-bond donors (Lipinski definition) is 3. The summed E-state index contributed by atoms with van der Waals surface area (Å²) in [6, 6.07) is 15.6. The molecule has 0 aliphatic heterocycles.